The van der Waals surface area contributed by atoms with Crippen LogP contribution < -0.4 is 5.73 Å². The van der Waals surface area contributed by atoms with Crippen LogP contribution >= 0.6 is 0 Å². The Morgan fingerprint density at radius 3 is 2.56 bits per heavy atom. The number of hydrogen-bond donors (Lipinski definition) is 2. The fraction of sp³-hybridized carbons (Fsp3) is 0.375. The lowest BCUT2D eigenvalue weighted by molar-refractivity contribution is -0.183. The normalized spacial score (nSPS) is 18.7. The lowest BCUT2D eigenvalue weighted by Crippen LogP contribution is -2.38. The smallest absolute Gasteiger partial charge is 0.386 e. The maximum atomic E-state index is 14.1. The van der Waals surface area contributed by atoms with Crippen molar-refractivity contribution in [1.29, 1.82) is 0 Å². The molecule has 1 aliphatic heterocycles. The molecule has 4 aromatic rings. The predicted octanol–water partition coefficient (Wildman–Crippen LogP) is 3.81. The van der Waals surface area contributed by atoms with E-state index in [1.54, 1.807) is 26.0 Å². The molecule has 1 unspecified atom stereocenters. The van der Waals surface area contributed by atoms with Gasteiger partial charge < -0.3 is 10.8 Å². The molecule has 178 valence electrons. The van der Waals surface area contributed by atoms with Crippen LogP contribution in [-0.4, -0.2) is 54.9 Å². The van der Waals surface area contributed by atoms with Gasteiger partial charge in [0, 0.05) is 36.3 Å². The molecule has 2 atom stereocenters. The van der Waals surface area contributed by atoms with Gasteiger partial charge in [-0.1, -0.05) is 30.3 Å². The highest BCUT2D eigenvalue weighted by molar-refractivity contribution is 5.84. The van der Waals surface area contributed by atoms with E-state index in [1.165, 1.54) is 27.6 Å². The molecular weight excluding hydrogens is 445 g/mol. The summed E-state index contributed by atoms with van der Waals surface area (Å²) >= 11 is 0. The molecule has 3 N–H and O–H groups in total. The zero-order valence-electron chi connectivity index (χ0n) is 18.8. The topological polar surface area (TPSA) is 92.6 Å². The molecule has 1 aliphatic rings. The van der Waals surface area contributed by atoms with Gasteiger partial charge in [-0.15, -0.1) is 10.2 Å². The second-order valence-electron chi connectivity index (χ2n) is 9.33. The molecule has 0 bridgehead atoms. The number of pyridine rings is 2. The Hall–Kier alpha value is -3.08. The third-order valence-electron chi connectivity index (χ3n) is 6.28. The summed E-state index contributed by atoms with van der Waals surface area (Å²) in [5.74, 6) is 0.323. The molecule has 34 heavy (non-hydrogen) atoms. The minimum atomic E-state index is -4.46. The summed E-state index contributed by atoms with van der Waals surface area (Å²) in [6.07, 6.45) is -2.51. The Labute approximate surface area is 194 Å². The van der Waals surface area contributed by atoms with E-state index in [-0.39, 0.29) is 24.7 Å². The number of hydrogen-bond acceptors (Lipinski definition) is 6. The summed E-state index contributed by atoms with van der Waals surface area (Å²) < 4.78 is 43.9. The number of nitrogens with zero attached hydrogens (tertiary/aromatic N) is 5. The Kier molecular flexibility index (Phi) is 5.34. The van der Waals surface area contributed by atoms with E-state index >= 15 is 0 Å². The molecule has 1 aromatic carbocycles. The number of aromatic nitrogens is 4. The minimum absolute atomic E-state index is 0.0909. The first-order valence-corrected chi connectivity index (χ1v) is 11.1. The minimum Gasteiger partial charge on any atom is -0.386 e. The van der Waals surface area contributed by atoms with Crippen molar-refractivity contribution >= 4 is 16.6 Å². The van der Waals surface area contributed by atoms with Crippen LogP contribution in [0.5, 0.6) is 0 Å². The van der Waals surface area contributed by atoms with Gasteiger partial charge in [-0.05, 0) is 38.0 Å². The van der Waals surface area contributed by atoms with Crippen LogP contribution in [0.2, 0.25) is 0 Å². The molecule has 0 saturated carbocycles. The van der Waals surface area contributed by atoms with Gasteiger partial charge in [0.2, 0.25) is 0 Å². The van der Waals surface area contributed by atoms with Crippen LogP contribution in [-0.2, 0) is 5.60 Å². The SMILES string of the molecule is CC(C)(O)c1cccc2ccc(-c3nnc4ccc([C@@H](N5CCC(N)C5)C(F)(F)F)cn34)nc12. The van der Waals surface area contributed by atoms with Gasteiger partial charge in [0.25, 0.3) is 0 Å². The Morgan fingerprint density at radius 1 is 1.09 bits per heavy atom. The second kappa shape index (κ2) is 8.00. The molecule has 4 heterocycles. The number of nitrogens with two attached hydrogens (primary N) is 1. The molecule has 0 amide bonds. The van der Waals surface area contributed by atoms with Crippen molar-refractivity contribution in [3.05, 3.63) is 59.8 Å². The third kappa shape index (κ3) is 4.02. The average Bonchev–Trinajstić information content (AvgIpc) is 3.37. The summed E-state index contributed by atoms with van der Waals surface area (Å²) in [7, 11) is 0. The molecule has 10 heteroatoms. The zero-order chi connectivity index (χ0) is 24.3. The van der Waals surface area contributed by atoms with Gasteiger partial charge in [0.05, 0.1) is 11.1 Å². The average molecular weight is 470 g/mol. The van der Waals surface area contributed by atoms with Crippen LogP contribution in [0, 0.1) is 0 Å². The number of halogens is 3. The monoisotopic (exact) mass is 470 g/mol. The number of fused-ring (bicyclic) bond motifs is 2. The molecule has 3 aromatic heterocycles. The molecule has 7 nitrogen and oxygen atoms in total. The van der Waals surface area contributed by atoms with E-state index < -0.39 is 17.8 Å². The Morgan fingerprint density at radius 2 is 1.88 bits per heavy atom. The van der Waals surface area contributed by atoms with Crippen molar-refractivity contribution in [2.75, 3.05) is 13.1 Å². The van der Waals surface area contributed by atoms with E-state index in [2.05, 4.69) is 10.2 Å². The lowest BCUT2D eigenvalue weighted by Gasteiger charge is -2.30. The zero-order valence-corrected chi connectivity index (χ0v) is 18.8. The van der Waals surface area contributed by atoms with Crippen LogP contribution in [0.3, 0.4) is 0 Å². The number of alkyl halides is 3. The summed E-state index contributed by atoms with van der Waals surface area (Å²) in [4.78, 5) is 6.09. The van der Waals surface area contributed by atoms with E-state index in [0.717, 1.165) is 5.39 Å². The standard InChI is InChI=1S/C24H25F3N6O/c1-23(2,34)17-5-3-4-14-6-8-18(29-20(14)17)22-31-30-19-9-7-15(12-33(19)22)21(24(25,26)27)32-11-10-16(28)13-32/h3-9,12,16,21,34H,10-11,13,28H2,1-2H3/t16?,21-/m1/s1. The van der Waals surface area contributed by atoms with Crippen LogP contribution in [0.4, 0.5) is 13.2 Å². The molecule has 0 radical (unpaired) electrons. The van der Waals surface area contributed by atoms with Crippen LogP contribution in [0.1, 0.15) is 37.4 Å². The van der Waals surface area contributed by atoms with E-state index in [0.29, 0.717) is 34.7 Å². The molecule has 0 aliphatic carbocycles. The van der Waals surface area contributed by atoms with Gasteiger partial charge in [0.1, 0.15) is 11.7 Å². The third-order valence-corrected chi connectivity index (χ3v) is 6.28. The van der Waals surface area contributed by atoms with Crippen LogP contribution in [0.25, 0.3) is 28.1 Å². The first kappa shape index (κ1) is 22.7. The summed E-state index contributed by atoms with van der Waals surface area (Å²) in [5, 5.41) is 19.8. The number of likely N-dealkylation sites (tertiary alicyclic amines) is 1. The first-order chi connectivity index (χ1) is 16.0. The molecule has 1 fully saturated rings. The van der Waals surface area contributed by atoms with E-state index in [1.807, 2.05) is 18.2 Å². The maximum Gasteiger partial charge on any atom is 0.408 e. The lowest BCUT2D eigenvalue weighted by atomic mass is 9.95. The van der Waals surface area contributed by atoms with Crippen LogP contribution in [0.15, 0.2) is 48.7 Å². The summed E-state index contributed by atoms with van der Waals surface area (Å²) in [5.41, 5.74) is 6.95. The highest BCUT2D eigenvalue weighted by Crippen LogP contribution is 2.39. The second-order valence-corrected chi connectivity index (χ2v) is 9.33. The van der Waals surface area contributed by atoms with Gasteiger partial charge >= 0.3 is 6.18 Å². The Bertz CT molecular complexity index is 1360. The van der Waals surface area contributed by atoms with Crippen molar-refractivity contribution in [1.82, 2.24) is 24.5 Å². The van der Waals surface area contributed by atoms with Crippen molar-refractivity contribution in [2.45, 2.75) is 44.1 Å². The van der Waals surface area contributed by atoms with Gasteiger partial charge in [0.15, 0.2) is 11.5 Å². The van der Waals surface area contributed by atoms with Gasteiger partial charge in [-0.2, -0.15) is 13.2 Å². The number of para-hydroxylation sites is 1. The Balaban J connectivity index is 1.63. The van der Waals surface area contributed by atoms with E-state index in [4.69, 9.17) is 10.7 Å². The number of rotatable bonds is 4. The fourth-order valence-corrected chi connectivity index (χ4v) is 4.67. The van der Waals surface area contributed by atoms with Gasteiger partial charge in [-0.25, -0.2) is 4.98 Å². The van der Waals surface area contributed by atoms with Gasteiger partial charge in [-0.3, -0.25) is 9.30 Å². The molecule has 5 rings (SSSR count). The highest BCUT2D eigenvalue weighted by atomic mass is 19.4. The van der Waals surface area contributed by atoms with E-state index in [9.17, 15) is 18.3 Å². The summed E-state index contributed by atoms with van der Waals surface area (Å²) in [6.45, 7) is 3.82. The van der Waals surface area contributed by atoms with Crippen molar-refractivity contribution in [3.8, 4) is 11.5 Å². The molecule has 0 spiro atoms. The van der Waals surface area contributed by atoms with Crippen molar-refractivity contribution < 1.29 is 18.3 Å². The quantitative estimate of drug-likeness (QED) is 0.471. The van der Waals surface area contributed by atoms with Crippen molar-refractivity contribution in [2.24, 2.45) is 5.73 Å². The first-order valence-electron chi connectivity index (χ1n) is 11.1. The largest absolute Gasteiger partial charge is 0.408 e. The number of benzene rings is 1. The fourth-order valence-electron chi connectivity index (χ4n) is 4.67. The van der Waals surface area contributed by atoms with Crippen molar-refractivity contribution in [3.63, 3.8) is 0 Å². The molecule has 1 saturated heterocycles. The number of aliphatic hydroxyl groups is 1. The maximum absolute atomic E-state index is 14.1. The highest BCUT2D eigenvalue weighted by Gasteiger charge is 2.46. The molecular formula is C24H25F3N6O. The summed E-state index contributed by atoms with van der Waals surface area (Å²) in [6, 6.07) is 10.1. The predicted molar refractivity (Wildman–Crippen MR) is 122 cm³/mol.